The van der Waals surface area contributed by atoms with E-state index in [1.807, 2.05) is 6.92 Å². The lowest BCUT2D eigenvalue weighted by Crippen LogP contribution is -2.54. The number of nitrogens with zero attached hydrogens (tertiary/aromatic N) is 4. The van der Waals surface area contributed by atoms with Crippen LogP contribution in [-0.4, -0.2) is 98.4 Å². The number of carbonyl (C=O) groups is 2. The Balaban J connectivity index is 1.79. The first-order valence-corrected chi connectivity index (χ1v) is 8.74. The van der Waals surface area contributed by atoms with Crippen LogP contribution in [0, 0.1) is 0 Å². The van der Waals surface area contributed by atoms with E-state index >= 15 is 0 Å². The molecule has 1 aliphatic heterocycles. The van der Waals surface area contributed by atoms with Crippen molar-refractivity contribution in [2.45, 2.75) is 25.8 Å². The van der Waals surface area contributed by atoms with E-state index in [0.29, 0.717) is 12.6 Å². The van der Waals surface area contributed by atoms with Gasteiger partial charge in [-0.05, 0) is 19.8 Å². The maximum atomic E-state index is 11.9. The minimum Gasteiger partial charge on any atom is -0.357 e. The maximum Gasteiger partial charge on any atom is 0.243 e. The molecule has 0 radical (unpaired) electrons. The van der Waals surface area contributed by atoms with Crippen LogP contribution < -0.4 is 10.6 Å². The highest BCUT2D eigenvalue weighted by Crippen LogP contribution is 2.18. The van der Waals surface area contributed by atoms with E-state index in [-0.39, 0.29) is 18.4 Å². The van der Waals surface area contributed by atoms with Crippen molar-refractivity contribution in [1.29, 1.82) is 0 Å². The van der Waals surface area contributed by atoms with Crippen LogP contribution >= 0.6 is 0 Å². The Morgan fingerprint density at radius 3 is 2.38 bits per heavy atom. The molecule has 0 spiro atoms. The van der Waals surface area contributed by atoms with Crippen molar-refractivity contribution in [3.63, 3.8) is 0 Å². The molecule has 2 rings (SSSR count). The van der Waals surface area contributed by atoms with E-state index in [0.717, 1.165) is 51.5 Å². The number of aliphatic imine (C=N–C) groups is 1. The number of nitrogens with one attached hydrogen (secondary N) is 2. The Hall–Kier alpha value is -1.83. The van der Waals surface area contributed by atoms with Gasteiger partial charge in [0.25, 0.3) is 0 Å². The number of rotatable bonds is 6. The van der Waals surface area contributed by atoms with Gasteiger partial charge in [0.05, 0.1) is 6.54 Å². The Morgan fingerprint density at radius 2 is 1.83 bits per heavy atom. The van der Waals surface area contributed by atoms with Gasteiger partial charge in [-0.15, -0.1) is 0 Å². The number of piperazine rings is 1. The molecule has 8 nitrogen and oxygen atoms in total. The van der Waals surface area contributed by atoms with Gasteiger partial charge < -0.3 is 20.4 Å². The molecule has 136 valence electrons. The van der Waals surface area contributed by atoms with E-state index in [4.69, 9.17) is 0 Å². The standard InChI is InChI=1S/C16H30N6O2/c1-4-17-16(18-11-15(24)20(2)3)22-9-7-21(8-10-22)12-14(23)19-13-5-6-13/h13H,4-12H2,1-3H3,(H,17,18)(H,19,23). The van der Waals surface area contributed by atoms with Crippen molar-refractivity contribution in [3.8, 4) is 0 Å². The summed E-state index contributed by atoms with van der Waals surface area (Å²) in [5.74, 6) is 0.888. The monoisotopic (exact) mass is 338 g/mol. The van der Waals surface area contributed by atoms with Crippen molar-refractivity contribution in [1.82, 2.24) is 25.3 Å². The zero-order valence-corrected chi connectivity index (χ0v) is 15.0. The molecule has 2 amide bonds. The van der Waals surface area contributed by atoms with Crippen molar-refractivity contribution < 1.29 is 9.59 Å². The molecule has 0 bridgehead atoms. The number of carbonyl (C=O) groups excluding carboxylic acids is 2. The summed E-state index contributed by atoms with van der Waals surface area (Å²) in [5.41, 5.74) is 0. The van der Waals surface area contributed by atoms with E-state index in [1.54, 1.807) is 19.0 Å². The molecule has 1 heterocycles. The second-order valence-electron chi connectivity index (χ2n) is 6.56. The van der Waals surface area contributed by atoms with Crippen LogP contribution in [0.5, 0.6) is 0 Å². The van der Waals surface area contributed by atoms with Crippen LogP contribution in [0.25, 0.3) is 0 Å². The number of hydrogen-bond acceptors (Lipinski definition) is 4. The second-order valence-corrected chi connectivity index (χ2v) is 6.56. The molecule has 2 fully saturated rings. The first kappa shape index (κ1) is 18.5. The maximum absolute atomic E-state index is 11.9. The Bertz CT molecular complexity index is 467. The Kier molecular flexibility index (Phi) is 6.84. The molecule has 2 N–H and O–H groups in total. The summed E-state index contributed by atoms with van der Waals surface area (Å²) in [4.78, 5) is 33.9. The molecule has 0 unspecified atom stereocenters. The van der Waals surface area contributed by atoms with Crippen LogP contribution in [0.1, 0.15) is 19.8 Å². The largest absolute Gasteiger partial charge is 0.357 e. The highest BCUT2D eigenvalue weighted by molar-refractivity contribution is 5.85. The van der Waals surface area contributed by atoms with Gasteiger partial charge in [-0.25, -0.2) is 4.99 Å². The Labute approximate surface area is 144 Å². The smallest absolute Gasteiger partial charge is 0.243 e. The molecule has 1 saturated carbocycles. The van der Waals surface area contributed by atoms with Gasteiger partial charge in [-0.3, -0.25) is 14.5 Å². The first-order valence-electron chi connectivity index (χ1n) is 8.74. The molecule has 2 aliphatic rings. The highest BCUT2D eigenvalue weighted by atomic mass is 16.2. The van der Waals surface area contributed by atoms with Gasteiger partial charge in [-0.2, -0.15) is 0 Å². The molecule has 0 aromatic heterocycles. The summed E-state index contributed by atoms with van der Waals surface area (Å²) in [5, 5.41) is 6.27. The Morgan fingerprint density at radius 1 is 1.17 bits per heavy atom. The van der Waals surface area contributed by atoms with Gasteiger partial charge in [-0.1, -0.05) is 0 Å². The van der Waals surface area contributed by atoms with Gasteiger partial charge in [0.2, 0.25) is 11.8 Å². The third-order valence-electron chi connectivity index (χ3n) is 4.18. The number of hydrogen-bond donors (Lipinski definition) is 2. The minimum absolute atomic E-state index is 0.0132. The van der Waals surface area contributed by atoms with Crippen LogP contribution in [0.4, 0.5) is 0 Å². The summed E-state index contributed by atoms with van der Waals surface area (Å²) in [7, 11) is 3.46. The van der Waals surface area contributed by atoms with Gasteiger partial charge in [0, 0.05) is 52.9 Å². The van der Waals surface area contributed by atoms with Crippen molar-refractivity contribution >= 4 is 17.8 Å². The topological polar surface area (TPSA) is 80.3 Å². The van der Waals surface area contributed by atoms with Crippen LogP contribution in [-0.2, 0) is 9.59 Å². The van der Waals surface area contributed by atoms with Gasteiger partial charge >= 0.3 is 0 Å². The number of likely N-dealkylation sites (N-methyl/N-ethyl adjacent to an activating group) is 1. The molecule has 24 heavy (non-hydrogen) atoms. The molecule has 8 heteroatoms. The summed E-state index contributed by atoms with van der Waals surface area (Å²) in [6.45, 7) is 6.66. The zero-order valence-electron chi connectivity index (χ0n) is 15.0. The third kappa shape index (κ3) is 5.99. The van der Waals surface area contributed by atoms with Crippen LogP contribution in [0.3, 0.4) is 0 Å². The molecule has 1 saturated heterocycles. The zero-order chi connectivity index (χ0) is 17.5. The van der Waals surface area contributed by atoms with E-state index in [2.05, 4.69) is 25.4 Å². The second kappa shape index (κ2) is 8.86. The fourth-order valence-corrected chi connectivity index (χ4v) is 2.53. The highest BCUT2D eigenvalue weighted by Gasteiger charge is 2.25. The lowest BCUT2D eigenvalue weighted by atomic mass is 10.3. The summed E-state index contributed by atoms with van der Waals surface area (Å²) < 4.78 is 0. The number of guanidine groups is 1. The number of amides is 2. The van der Waals surface area contributed by atoms with Crippen molar-refractivity contribution in [3.05, 3.63) is 0 Å². The van der Waals surface area contributed by atoms with E-state index in [9.17, 15) is 9.59 Å². The molecular formula is C16H30N6O2. The van der Waals surface area contributed by atoms with E-state index < -0.39 is 0 Å². The van der Waals surface area contributed by atoms with Crippen molar-refractivity contribution in [2.24, 2.45) is 4.99 Å². The predicted molar refractivity (Wildman–Crippen MR) is 93.9 cm³/mol. The fourth-order valence-electron chi connectivity index (χ4n) is 2.53. The molecule has 0 aromatic carbocycles. The van der Waals surface area contributed by atoms with Gasteiger partial charge in [0.1, 0.15) is 6.54 Å². The fraction of sp³-hybridized carbons (Fsp3) is 0.812. The predicted octanol–water partition coefficient (Wildman–Crippen LogP) is -1.06. The molecule has 1 aliphatic carbocycles. The average Bonchev–Trinajstić information content (AvgIpc) is 3.35. The quantitative estimate of drug-likeness (QED) is 0.477. The summed E-state index contributed by atoms with van der Waals surface area (Å²) >= 11 is 0. The third-order valence-corrected chi connectivity index (χ3v) is 4.18. The van der Waals surface area contributed by atoms with E-state index in [1.165, 1.54) is 0 Å². The molecular weight excluding hydrogens is 308 g/mol. The average molecular weight is 338 g/mol. The van der Waals surface area contributed by atoms with Crippen LogP contribution in [0.2, 0.25) is 0 Å². The normalized spacial score (nSPS) is 19.1. The lowest BCUT2D eigenvalue weighted by molar-refractivity contribution is -0.127. The SMILES string of the molecule is CCNC(=NCC(=O)N(C)C)N1CCN(CC(=O)NC2CC2)CC1. The summed E-state index contributed by atoms with van der Waals surface area (Å²) in [6, 6.07) is 0.417. The molecule has 0 atom stereocenters. The molecule has 0 aromatic rings. The van der Waals surface area contributed by atoms with Crippen molar-refractivity contribution in [2.75, 3.05) is 59.9 Å². The first-order chi connectivity index (χ1) is 11.5. The lowest BCUT2D eigenvalue weighted by Gasteiger charge is -2.36. The minimum atomic E-state index is -0.0132. The van der Waals surface area contributed by atoms with Gasteiger partial charge in [0.15, 0.2) is 5.96 Å². The summed E-state index contributed by atoms with van der Waals surface area (Å²) in [6.07, 6.45) is 2.24. The van der Waals surface area contributed by atoms with Crippen LogP contribution in [0.15, 0.2) is 4.99 Å².